The molecule has 0 fully saturated rings. The normalized spacial score (nSPS) is 13.7. The molecule has 49 heavy (non-hydrogen) atoms. The summed E-state index contributed by atoms with van der Waals surface area (Å²) in [6, 6.07) is 59.2. The Labute approximate surface area is 285 Å². The molecule has 0 unspecified atom stereocenters. The van der Waals surface area contributed by atoms with E-state index in [0.29, 0.717) is 0 Å². The van der Waals surface area contributed by atoms with Crippen LogP contribution in [-0.4, -0.2) is 0 Å². The molecule has 1 aliphatic rings. The minimum atomic E-state index is 0.00666. The van der Waals surface area contributed by atoms with Gasteiger partial charge in [-0.3, -0.25) is 0 Å². The molecule has 11 rings (SSSR count). The van der Waals surface area contributed by atoms with Gasteiger partial charge in [-0.2, -0.15) is 0 Å². The molecule has 1 aliphatic carbocycles. The maximum Gasteiger partial charge on any atom is 0.0159 e. The number of hydrogen-bond acceptors (Lipinski definition) is 0. The zero-order chi connectivity index (χ0) is 32.4. The van der Waals surface area contributed by atoms with E-state index in [1.807, 2.05) is 0 Å². The SMILES string of the molecule is CC1(C)c2cccc3c4ccc(-c5ccc(-c6ccc7ccc8c(-c9ccccc9)ccc9ccc6c7c98)cc5)cc4c4cccc1c4c23. The standard InChI is InChI=1S/C49H32/c1-49(2)43-12-6-10-38-37-25-22-34(28-42(37)39-11-7-13-44(49)48(39)47(38)43)29-14-16-31(17-15-29)36-24-19-33-20-26-40-35(30-8-4-3-5-9-30)23-18-32-21-27-41(36)46(33)45(32)40/h3-28H,1-2H3. The minimum Gasteiger partial charge on any atom is -0.0622 e. The maximum absolute atomic E-state index is 2.42. The first-order chi connectivity index (χ1) is 24.1. The summed E-state index contributed by atoms with van der Waals surface area (Å²) in [4.78, 5) is 0. The van der Waals surface area contributed by atoms with Crippen molar-refractivity contribution in [1.82, 2.24) is 0 Å². The third kappa shape index (κ3) is 3.58. The van der Waals surface area contributed by atoms with Gasteiger partial charge in [0.05, 0.1) is 0 Å². The van der Waals surface area contributed by atoms with E-state index in [1.54, 1.807) is 0 Å². The Morgan fingerprint density at radius 1 is 0.306 bits per heavy atom. The predicted octanol–water partition coefficient (Wildman–Crippen LogP) is 13.7. The molecule has 0 heterocycles. The van der Waals surface area contributed by atoms with Crippen LogP contribution in [-0.2, 0) is 5.41 Å². The van der Waals surface area contributed by atoms with Crippen LogP contribution in [0.5, 0.6) is 0 Å². The third-order valence-electron chi connectivity index (χ3n) is 11.6. The highest BCUT2D eigenvalue weighted by molar-refractivity contribution is 6.30. The van der Waals surface area contributed by atoms with Gasteiger partial charge in [0.15, 0.2) is 0 Å². The van der Waals surface area contributed by atoms with E-state index < -0.39 is 0 Å². The van der Waals surface area contributed by atoms with Crippen molar-refractivity contribution in [3.05, 3.63) is 169 Å². The highest BCUT2D eigenvalue weighted by atomic mass is 14.4. The zero-order valence-corrected chi connectivity index (χ0v) is 27.5. The first kappa shape index (κ1) is 27.0. The van der Waals surface area contributed by atoms with Gasteiger partial charge in [-0.1, -0.05) is 166 Å². The lowest BCUT2D eigenvalue weighted by Crippen LogP contribution is -2.14. The highest BCUT2D eigenvalue weighted by Crippen LogP contribution is 2.51. The molecule has 0 heteroatoms. The molecule has 10 aromatic carbocycles. The second-order valence-electron chi connectivity index (χ2n) is 14.4. The smallest absolute Gasteiger partial charge is 0.0159 e. The van der Waals surface area contributed by atoms with Crippen LogP contribution < -0.4 is 0 Å². The number of hydrogen-bond donors (Lipinski definition) is 0. The summed E-state index contributed by atoms with van der Waals surface area (Å²) in [6.07, 6.45) is 0. The van der Waals surface area contributed by atoms with E-state index in [1.165, 1.54) is 109 Å². The molecule has 0 atom stereocenters. The lowest BCUT2D eigenvalue weighted by Gasteiger charge is -2.21. The van der Waals surface area contributed by atoms with Crippen molar-refractivity contribution in [1.29, 1.82) is 0 Å². The molecule has 10 aromatic rings. The first-order valence-corrected chi connectivity index (χ1v) is 17.4. The topological polar surface area (TPSA) is 0 Å². The van der Waals surface area contributed by atoms with Crippen LogP contribution in [0.3, 0.4) is 0 Å². The van der Waals surface area contributed by atoms with Gasteiger partial charge in [-0.15, -0.1) is 0 Å². The minimum absolute atomic E-state index is 0.00666. The summed E-state index contributed by atoms with van der Waals surface area (Å²) in [7, 11) is 0. The summed E-state index contributed by atoms with van der Waals surface area (Å²) in [6.45, 7) is 4.74. The molecule has 0 amide bonds. The summed E-state index contributed by atoms with van der Waals surface area (Å²) >= 11 is 0. The summed E-state index contributed by atoms with van der Waals surface area (Å²) in [5.41, 5.74) is 10.5. The Hall–Kier alpha value is -5.98. The van der Waals surface area contributed by atoms with Gasteiger partial charge in [0.1, 0.15) is 0 Å². The fraction of sp³-hybridized carbons (Fsp3) is 0.0612. The van der Waals surface area contributed by atoms with Crippen LogP contribution in [0.2, 0.25) is 0 Å². The number of benzene rings is 10. The lowest BCUT2D eigenvalue weighted by atomic mass is 9.82. The Bertz CT molecular complexity index is 2980. The van der Waals surface area contributed by atoms with Gasteiger partial charge < -0.3 is 0 Å². The molecule has 0 bridgehead atoms. The first-order valence-electron chi connectivity index (χ1n) is 17.4. The molecule has 0 aromatic heterocycles. The van der Waals surface area contributed by atoms with E-state index in [9.17, 15) is 0 Å². The fourth-order valence-electron chi connectivity index (χ4n) is 9.22. The van der Waals surface area contributed by atoms with Gasteiger partial charge in [0.25, 0.3) is 0 Å². The van der Waals surface area contributed by atoms with Gasteiger partial charge in [-0.25, -0.2) is 0 Å². The third-order valence-corrected chi connectivity index (χ3v) is 11.6. The monoisotopic (exact) mass is 620 g/mol. The van der Waals surface area contributed by atoms with Gasteiger partial charge in [-0.05, 0) is 115 Å². The van der Waals surface area contributed by atoms with Crippen molar-refractivity contribution in [3.8, 4) is 33.4 Å². The molecule has 0 nitrogen and oxygen atoms in total. The van der Waals surface area contributed by atoms with E-state index in [2.05, 4.69) is 172 Å². The zero-order valence-electron chi connectivity index (χ0n) is 27.5. The Balaban J connectivity index is 1.06. The largest absolute Gasteiger partial charge is 0.0622 e. The van der Waals surface area contributed by atoms with Gasteiger partial charge in [0.2, 0.25) is 0 Å². The lowest BCUT2D eigenvalue weighted by molar-refractivity contribution is 0.663. The van der Waals surface area contributed by atoms with Crippen molar-refractivity contribution in [3.63, 3.8) is 0 Å². The van der Waals surface area contributed by atoms with Crippen LogP contribution in [0.1, 0.15) is 25.0 Å². The van der Waals surface area contributed by atoms with Crippen LogP contribution in [0.15, 0.2) is 158 Å². The van der Waals surface area contributed by atoms with Crippen molar-refractivity contribution in [2.75, 3.05) is 0 Å². The molecular weight excluding hydrogens is 589 g/mol. The van der Waals surface area contributed by atoms with E-state index in [4.69, 9.17) is 0 Å². The quantitative estimate of drug-likeness (QED) is 0.172. The maximum atomic E-state index is 2.42. The highest BCUT2D eigenvalue weighted by Gasteiger charge is 2.34. The Kier molecular flexibility index (Phi) is 5.27. The van der Waals surface area contributed by atoms with Crippen molar-refractivity contribution < 1.29 is 0 Å². The van der Waals surface area contributed by atoms with Crippen molar-refractivity contribution in [2.24, 2.45) is 0 Å². The van der Waals surface area contributed by atoms with Crippen LogP contribution in [0.4, 0.5) is 0 Å². The average Bonchev–Trinajstić information content (AvgIpc) is 3.40. The fourth-order valence-corrected chi connectivity index (χ4v) is 9.22. The molecule has 228 valence electrons. The van der Waals surface area contributed by atoms with Crippen molar-refractivity contribution >= 4 is 64.6 Å². The average molecular weight is 621 g/mol. The molecule has 0 aliphatic heterocycles. The summed E-state index contributed by atoms with van der Waals surface area (Å²) < 4.78 is 0. The van der Waals surface area contributed by atoms with E-state index >= 15 is 0 Å². The van der Waals surface area contributed by atoms with E-state index in [-0.39, 0.29) is 5.41 Å². The molecule has 0 saturated heterocycles. The summed E-state index contributed by atoms with van der Waals surface area (Å²) in [5, 5.41) is 16.2. The van der Waals surface area contributed by atoms with Gasteiger partial charge in [0, 0.05) is 5.41 Å². The van der Waals surface area contributed by atoms with Crippen molar-refractivity contribution in [2.45, 2.75) is 19.3 Å². The number of fused-ring (bicyclic) bond motifs is 3. The van der Waals surface area contributed by atoms with Crippen LogP contribution in [0, 0.1) is 0 Å². The molecular formula is C49H32. The second kappa shape index (κ2) is 9.56. The molecule has 0 radical (unpaired) electrons. The Morgan fingerprint density at radius 2 is 0.796 bits per heavy atom. The predicted molar refractivity (Wildman–Crippen MR) is 211 cm³/mol. The molecule has 0 N–H and O–H groups in total. The molecule has 0 spiro atoms. The van der Waals surface area contributed by atoms with Gasteiger partial charge >= 0.3 is 0 Å². The van der Waals surface area contributed by atoms with Crippen LogP contribution >= 0.6 is 0 Å². The number of rotatable bonds is 3. The van der Waals surface area contributed by atoms with Crippen LogP contribution in [0.25, 0.3) is 98.0 Å². The molecule has 0 saturated carbocycles. The van der Waals surface area contributed by atoms with E-state index in [0.717, 1.165) is 0 Å². The summed E-state index contributed by atoms with van der Waals surface area (Å²) in [5.74, 6) is 0. The Morgan fingerprint density at radius 3 is 1.41 bits per heavy atom. The second-order valence-corrected chi connectivity index (χ2v) is 14.4.